The lowest BCUT2D eigenvalue weighted by molar-refractivity contribution is 0.205. The highest BCUT2D eigenvalue weighted by atomic mass is 32.2. The Morgan fingerprint density at radius 1 is 1.17 bits per heavy atom. The molecular weight excluding hydrogens is 467 g/mol. The molecule has 35 heavy (non-hydrogen) atoms. The van der Waals surface area contributed by atoms with Gasteiger partial charge in [0.25, 0.3) is 0 Å². The monoisotopic (exact) mass is 500 g/mol. The predicted molar refractivity (Wildman–Crippen MR) is 136 cm³/mol. The highest BCUT2D eigenvalue weighted by Gasteiger charge is 2.24. The molecule has 0 atom stereocenters. The number of methoxy groups -OCH3 is 1. The lowest BCUT2D eigenvalue weighted by Crippen LogP contribution is -2.35. The van der Waals surface area contributed by atoms with Gasteiger partial charge in [-0.15, -0.1) is 0 Å². The average Bonchev–Trinajstić information content (AvgIpc) is 3.37. The maximum Gasteiger partial charge on any atom is 0.324 e. The summed E-state index contributed by atoms with van der Waals surface area (Å²) in [5, 5.41) is 4.06. The lowest BCUT2D eigenvalue weighted by atomic mass is 9.98. The van der Waals surface area contributed by atoms with Gasteiger partial charge < -0.3 is 18.9 Å². The minimum Gasteiger partial charge on any atom is -0.493 e. The first-order valence-electron chi connectivity index (χ1n) is 12.0. The number of piperidine rings is 1. The standard InChI is InChI=1S/C26H33FN4O3S/c1-18(2)25-29-26(34-30-25)31-13-10-19(11-14-31)17-33-21-6-4-20(5-7-21)23-9-8-22(16-24(23)27)35-28-12-15-32-3/h4-9,16,18-19,28H,10-15,17H2,1-3H3. The summed E-state index contributed by atoms with van der Waals surface area (Å²) in [5.41, 5.74) is 1.40. The number of nitrogens with zero attached hydrogens (tertiary/aromatic N) is 3. The minimum absolute atomic E-state index is 0.245. The number of halogens is 1. The Morgan fingerprint density at radius 2 is 1.94 bits per heavy atom. The van der Waals surface area contributed by atoms with E-state index >= 15 is 0 Å². The van der Waals surface area contributed by atoms with E-state index in [4.69, 9.17) is 14.0 Å². The number of nitrogens with one attached hydrogen (secondary N) is 1. The molecule has 9 heteroatoms. The van der Waals surface area contributed by atoms with Crippen molar-refractivity contribution in [2.45, 2.75) is 37.5 Å². The Labute approximate surface area is 210 Å². The smallest absolute Gasteiger partial charge is 0.324 e. The van der Waals surface area contributed by atoms with Crippen molar-refractivity contribution in [3.05, 3.63) is 54.1 Å². The molecule has 0 aliphatic carbocycles. The fraction of sp³-hybridized carbons (Fsp3) is 0.462. The average molecular weight is 501 g/mol. The van der Waals surface area contributed by atoms with E-state index in [1.165, 1.54) is 11.9 Å². The third kappa shape index (κ3) is 6.96. The van der Waals surface area contributed by atoms with Crippen LogP contribution in [0, 0.1) is 11.7 Å². The van der Waals surface area contributed by atoms with Crippen LogP contribution in [0.4, 0.5) is 10.4 Å². The number of benzene rings is 2. The van der Waals surface area contributed by atoms with E-state index in [1.807, 2.05) is 36.4 Å². The summed E-state index contributed by atoms with van der Waals surface area (Å²) in [6, 6.07) is 13.5. The summed E-state index contributed by atoms with van der Waals surface area (Å²) in [6.07, 6.45) is 2.01. The maximum atomic E-state index is 14.7. The van der Waals surface area contributed by atoms with Gasteiger partial charge in [-0.1, -0.05) is 37.2 Å². The van der Waals surface area contributed by atoms with Gasteiger partial charge in [0, 0.05) is 43.1 Å². The van der Waals surface area contributed by atoms with Crippen LogP contribution >= 0.6 is 11.9 Å². The van der Waals surface area contributed by atoms with E-state index in [1.54, 1.807) is 13.2 Å². The van der Waals surface area contributed by atoms with Crippen LogP contribution in [0.3, 0.4) is 0 Å². The molecule has 0 amide bonds. The molecule has 0 radical (unpaired) electrons. The molecule has 1 aliphatic heterocycles. The maximum absolute atomic E-state index is 14.7. The third-order valence-electron chi connectivity index (χ3n) is 6.02. The fourth-order valence-corrected chi connectivity index (χ4v) is 4.55. The highest BCUT2D eigenvalue weighted by molar-refractivity contribution is 7.97. The zero-order valence-electron chi connectivity index (χ0n) is 20.5. The molecule has 1 saturated heterocycles. The second kappa shape index (κ2) is 12.4. The van der Waals surface area contributed by atoms with Gasteiger partial charge in [-0.25, -0.2) is 4.39 Å². The molecule has 1 aromatic heterocycles. The van der Waals surface area contributed by atoms with Crippen molar-refractivity contribution in [2.75, 3.05) is 44.9 Å². The zero-order chi connectivity index (χ0) is 24.6. The molecule has 4 rings (SSSR count). The molecule has 7 nitrogen and oxygen atoms in total. The predicted octanol–water partition coefficient (Wildman–Crippen LogP) is 5.54. The summed E-state index contributed by atoms with van der Waals surface area (Å²) < 4.78 is 34.3. The van der Waals surface area contributed by atoms with Crippen LogP contribution in [0.2, 0.25) is 0 Å². The Balaban J connectivity index is 1.24. The van der Waals surface area contributed by atoms with Gasteiger partial charge in [0.15, 0.2) is 5.82 Å². The van der Waals surface area contributed by atoms with Crippen LogP contribution in [-0.2, 0) is 4.74 Å². The highest BCUT2D eigenvalue weighted by Crippen LogP contribution is 2.29. The Hall–Kier alpha value is -2.62. The van der Waals surface area contributed by atoms with Crippen LogP contribution in [0.5, 0.6) is 5.75 Å². The van der Waals surface area contributed by atoms with Crippen molar-refractivity contribution in [3.63, 3.8) is 0 Å². The molecule has 188 valence electrons. The molecule has 0 saturated carbocycles. The SMILES string of the molecule is COCCNSc1ccc(-c2ccc(OCC3CCN(c4nc(C(C)C)no4)CC3)cc2)c(F)c1. The third-order valence-corrected chi connectivity index (χ3v) is 6.86. The van der Waals surface area contributed by atoms with Crippen molar-refractivity contribution < 1.29 is 18.4 Å². The van der Waals surface area contributed by atoms with Gasteiger partial charge in [0.2, 0.25) is 0 Å². The Morgan fingerprint density at radius 3 is 2.60 bits per heavy atom. The molecular formula is C26H33FN4O3S. The molecule has 1 aliphatic rings. The molecule has 0 unspecified atom stereocenters. The molecule has 0 bridgehead atoms. The second-order valence-corrected chi connectivity index (χ2v) is 9.95. The Bertz CT molecular complexity index is 1070. The number of aromatic nitrogens is 2. The molecule has 3 aromatic rings. The molecule has 2 heterocycles. The van der Waals surface area contributed by atoms with Crippen molar-refractivity contribution in [2.24, 2.45) is 5.92 Å². The van der Waals surface area contributed by atoms with E-state index in [9.17, 15) is 4.39 Å². The summed E-state index contributed by atoms with van der Waals surface area (Å²) in [5.74, 6) is 2.03. The first-order valence-corrected chi connectivity index (χ1v) is 12.8. The zero-order valence-corrected chi connectivity index (χ0v) is 21.3. The summed E-state index contributed by atoms with van der Waals surface area (Å²) in [7, 11) is 1.65. The first-order chi connectivity index (χ1) is 17.0. The normalized spacial score (nSPS) is 14.6. The quantitative estimate of drug-likeness (QED) is 0.272. The second-order valence-electron chi connectivity index (χ2n) is 8.99. The van der Waals surface area contributed by atoms with E-state index < -0.39 is 0 Å². The molecule has 2 aromatic carbocycles. The van der Waals surface area contributed by atoms with Gasteiger partial charge in [-0.05, 0) is 60.5 Å². The number of hydrogen-bond acceptors (Lipinski definition) is 8. The minimum atomic E-state index is -0.245. The lowest BCUT2D eigenvalue weighted by Gasteiger charge is -2.30. The van der Waals surface area contributed by atoms with Gasteiger partial charge in [-0.2, -0.15) is 4.98 Å². The van der Waals surface area contributed by atoms with Gasteiger partial charge in [-0.3, -0.25) is 4.72 Å². The van der Waals surface area contributed by atoms with E-state index in [0.29, 0.717) is 37.3 Å². The van der Waals surface area contributed by atoms with Gasteiger partial charge >= 0.3 is 6.01 Å². The largest absolute Gasteiger partial charge is 0.493 e. The van der Waals surface area contributed by atoms with E-state index in [0.717, 1.165) is 48.0 Å². The van der Waals surface area contributed by atoms with Gasteiger partial charge in [0.1, 0.15) is 11.6 Å². The van der Waals surface area contributed by atoms with Crippen LogP contribution in [-0.4, -0.2) is 50.1 Å². The van der Waals surface area contributed by atoms with Crippen molar-refractivity contribution in [1.82, 2.24) is 14.9 Å². The van der Waals surface area contributed by atoms with Crippen LogP contribution in [0.25, 0.3) is 11.1 Å². The summed E-state index contributed by atoms with van der Waals surface area (Å²) in [6.45, 7) is 7.83. The van der Waals surface area contributed by atoms with Crippen LogP contribution < -0.4 is 14.4 Å². The molecule has 1 N–H and O–H groups in total. The Kier molecular flexibility index (Phi) is 9.01. The van der Waals surface area contributed by atoms with Crippen LogP contribution in [0.15, 0.2) is 51.9 Å². The number of hydrogen-bond donors (Lipinski definition) is 1. The number of rotatable bonds is 11. The molecule has 0 spiro atoms. The first kappa shape index (κ1) is 25.5. The van der Waals surface area contributed by atoms with Crippen LogP contribution in [0.1, 0.15) is 38.4 Å². The number of ether oxygens (including phenoxy) is 2. The van der Waals surface area contributed by atoms with E-state index in [2.05, 4.69) is 33.6 Å². The van der Waals surface area contributed by atoms with Crippen molar-refractivity contribution in [1.29, 1.82) is 0 Å². The topological polar surface area (TPSA) is 72.7 Å². The summed E-state index contributed by atoms with van der Waals surface area (Å²) >= 11 is 1.40. The van der Waals surface area contributed by atoms with Crippen molar-refractivity contribution >= 4 is 18.0 Å². The summed E-state index contributed by atoms with van der Waals surface area (Å²) in [4.78, 5) is 7.47. The van der Waals surface area contributed by atoms with Gasteiger partial charge in [0.05, 0.1) is 13.2 Å². The van der Waals surface area contributed by atoms with Crippen molar-refractivity contribution in [3.8, 4) is 16.9 Å². The van der Waals surface area contributed by atoms with E-state index in [-0.39, 0.29) is 11.7 Å². The fourth-order valence-electron chi connectivity index (χ4n) is 3.90. The molecule has 1 fully saturated rings. The number of anilines is 1.